The Balaban J connectivity index is 1.43. The van der Waals surface area contributed by atoms with E-state index in [2.05, 4.69) is 33.7 Å². The van der Waals surface area contributed by atoms with Gasteiger partial charge in [0.25, 0.3) is 0 Å². The van der Waals surface area contributed by atoms with Crippen LogP contribution >= 0.6 is 11.6 Å². The molecule has 1 aromatic heterocycles. The van der Waals surface area contributed by atoms with Gasteiger partial charge < -0.3 is 9.30 Å². The fourth-order valence-corrected chi connectivity index (χ4v) is 3.71. The van der Waals surface area contributed by atoms with Gasteiger partial charge in [0.1, 0.15) is 11.6 Å². The first-order chi connectivity index (χ1) is 12.8. The van der Waals surface area contributed by atoms with Gasteiger partial charge in [0.15, 0.2) is 0 Å². The van der Waals surface area contributed by atoms with E-state index in [-0.39, 0.29) is 0 Å². The van der Waals surface area contributed by atoms with Crippen LogP contribution in [0.4, 0.5) is 0 Å². The lowest BCUT2D eigenvalue weighted by atomic mass is 10.3. The van der Waals surface area contributed by atoms with E-state index < -0.39 is 0 Å². The molecule has 0 atom stereocenters. The average molecular weight is 370 g/mol. The van der Waals surface area contributed by atoms with Crippen LogP contribution in [0.2, 0.25) is 5.02 Å². The number of rotatable bonds is 7. The van der Waals surface area contributed by atoms with Crippen LogP contribution in [-0.2, 0) is 13.1 Å². The Morgan fingerprint density at radius 3 is 2.58 bits per heavy atom. The second kappa shape index (κ2) is 8.11. The fourth-order valence-electron chi connectivity index (χ4n) is 3.58. The summed E-state index contributed by atoms with van der Waals surface area (Å²) in [6.45, 7) is 4.90. The molecule has 136 valence electrons. The molecule has 1 aliphatic rings. The summed E-state index contributed by atoms with van der Waals surface area (Å²) in [5.41, 5.74) is 2.30. The summed E-state index contributed by atoms with van der Waals surface area (Å²) in [6, 6.07) is 15.9. The first kappa shape index (κ1) is 17.4. The van der Waals surface area contributed by atoms with Gasteiger partial charge in [0.2, 0.25) is 0 Å². The molecule has 0 unspecified atom stereocenters. The van der Waals surface area contributed by atoms with Crippen LogP contribution < -0.4 is 4.74 Å². The van der Waals surface area contributed by atoms with Crippen molar-refractivity contribution < 1.29 is 4.74 Å². The van der Waals surface area contributed by atoms with E-state index in [1.54, 1.807) is 0 Å². The quantitative estimate of drug-likeness (QED) is 0.563. The number of imidazole rings is 1. The molecule has 1 aliphatic heterocycles. The normalized spacial score (nSPS) is 15.0. The Kier molecular flexibility index (Phi) is 5.42. The number of ether oxygens (including phenoxy) is 1. The SMILES string of the molecule is Clc1ccc(OCCCn2c(CN3CCCC3)nc3ccccc32)cc1. The van der Waals surface area contributed by atoms with Gasteiger partial charge in [0.05, 0.1) is 24.2 Å². The molecule has 3 aromatic rings. The predicted octanol–water partition coefficient (Wildman–Crippen LogP) is 4.75. The summed E-state index contributed by atoms with van der Waals surface area (Å²) in [6.07, 6.45) is 3.54. The van der Waals surface area contributed by atoms with E-state index in [9.17, 15) is 0 Å². The van der Waals surface area contributed by atoms with E-state index in [0.717, 1.165) is 35.8 Å². The van der Waals surface area contributed by atoms with Crippen LogP contribution in [0.1, 0.15) is 25.1 Å². The molecule has 4 nitrogen and oxygen atoms in total. The monoisotopic (exact) mass is 369 g/mol. The lowest BCUT2D eigenvalue weighted by molar-refractivity contribution is 0.294. The molecule has 2 aromatic carbocycles. The van der Waals surface area contributed by atoms with E-state index in [0.29, 0.717) is 6.61 Å². The molecule has 0 radical (unpaired) electrons. The van der Waals surface area contributed by atoms with Crippen LogP contribution in [0, 0.1) is 0 Å². The average Bonchev–Trinajstić information content (AvgIpc) is 3.28. The molecule has 0 amide bonds. The molecule has 5 heteroatoms. The van der Waals surface area contributed by atoms with Crippen molar-refractivity contribution in [3.05, 3.63) is 59.4 Å². The molecule has 0 aliphatic carbocycles. The number of halogens is 1. The number of aromatic nitrogens is 2. The Morgan fingerprint density at radius 2 is 1.77 bits per heavy atom. The number of likely N-dealkylation sites (tertiary alicyclic amines) is 1. The summed E-state index contributed by atoms with van der Waals surface area (Å²) in [7, 11) is 0. The highest BCUT2D eigenvalue weighted by molar-refractivity contribution is 6.30. The Hall–Kier alpha value is -2.04. The second-order valence-electron chi connectivity index (χ2n) is 6.81. The number of fused-ring (bicyclic) bond motifs is 1. The van der Waals surface area contributed by atoms with Gasteiger partial charge in [-0.2, -0.15) is 0 Å². The smallest absolute Gasteiger partial charge is 0.124 e. The van der Waals surface area contributed by atoms with Crippen molar-refractivity contribution in [2.45, 2.75) is 32.4 Å². The maximum absolute atomic E-state index is 5.91. The predicted molar refractivity (Wildman–Crippen MR) is 106 cm³/mol. The maximum Gasteiger partial charge on any atom is 0.124 e. The Labute approximate surface area is 159 Å². The Morgan fingerprint density at radius 1 is 1.00 bits per heavy atom. The molecular formula is C21H24ClN3O. The second-order valence-corrected chi connectivity index (χ2v) is 7.24. The first-order valence-electron chi connectivity index (χ1n) is 9.34. The zero-order chi connectivity index (χ0) is 17.8. The van der Waals surface area contributed by atoms with Crippen molar-refractivity contribution >= 4 is 22.6 Å². The van der Waals surface area contributed by atoms with Crippen molar-refractivity contribution in [1.29, 1.82) is 0 Å². The van der Waals surface area contributed by atoms with Crippen LogP contribution in [0.3, 0.4) is 0 Å². The van der Waals surface area contributed by atoms with Crippen LogP contribution in [0.25, 0.3) is 11.0 Å². The summed E-state index contributed by atoms with van der Waals surface area (Å²) < 4.78 is 8.20. The number of aryl methyl sites for hydroxylation is 1. The minimum Gasteiger partial charge on any atom is -0.494 e. The highest BCUT2D eigenvalue weighted by Gasteiger charge is 2.17. The van der Waals surface area contributed by atoms with Crippen molar-refractivity contribution in [3.63, 3.8) is 0 Å². The lowest BCUT2D eigenvalue weighted by Crippen LogP contribution is -2.21. The maximum atomic E-state index is 5.91. The Bertz CT molecular complexity index is 853. The zero-order valence-electron chi connectivity index (χ0n) is 14.9. The number of nitrogens with zero attached hydrogens (tertiary/aromatic N) is 3. The number of para-hydroxylation sites is 2. The van der Waals surface area contributed by atoms with Crippen LogP contribution in [0.5, 0.6) is 5.75 Å². The van der Waals surface area contributed by atoms with Gasteiger partial charge in [-0.05, 0) is 68.8 Å². The van der Waals surface area contributed by atoms with Crippen LogP contribution in [-0.4, -0.2) is 34.1 Å². The first-order valence-corrected chi connectivity index (χ1v) is 9.72. The summed E-state index contributed by atoms with van der Waals surface area (Å²) in [5.74, 6) is 2.03. The largest absolute Gasteiger partial charge is 0.494 e. The zero-order valence-corrected chi connectivity index (χ0v) is 15.7. The van der Waals surface area contributed by atoms with Gasteiger partial charge in [0, 0.05) is 11.6 Å². The molecule has 2 heterocycles. The molecule has 26 heavy (non-hydrogen) atoms. The van der Waals surface area contributed by atoms with Gasteiger partial charge in [-0.3, -0.25) is 4.90 Å². The minimum atomic E-state index is 0.678. The van der Waals surface area contributed by atoms with Crippen molar-refractivity contribution in [3.8, 4) is 5.75 Å². The van der Waals surface area contributed by atoms with E-state index in [1.807, 2.05) is 24.3 Å². The molecule has 1 fully saturated rings. The standard InChI is InChI=1S/C21H24ClN3O/c22-17-8-10-18(11-9-17)26-15-5-14-25-20-7-2-1-6-19(20)23-21(25)16-24-12-3-4-13-24/h1-2,6-11H,3-5,12-16H2. The number of hydrogen-bond donors (Lipinski definition) is 0. The molecule has 0 saturated carbocycles. The topological polar surface area (TPSA) is 30.3 Å². The van der Waals surface area contributed by atoms with Crippen molar-refractivity contribution in [1.82, 2.24) is 14.5 Å². The van der Waals surface area contributed by atoms with Gasteiger partial charge in [-0.1, -0.05) is 23.7 Å². The third-order valence-corrected chi connectivity index (χ3v) is 5.16. The third kappa shape index (κ3) is 4.02. The highest BCUT2D eigenvalue weighted by Crippen LogP contribution is 2.20. The van der Waals surface area contributed by atoms with Gasteiger partial charge >= 0.3 is 0 Å². The molecule has 0 N–H and O–H groups in total. The van der Waals surface area contributed by atoms with E-state index in [4.69, 9.17) is 21.3 Å². The highest BCUT2D eigenvalue weighted by atomic mass is 35.5. The molecule has 0 spiro atoms. The van der Waals surface area contributed by atoms with Crippen molar-refractivity contribution in [2.75, 3.05) is 19.7 Å². The van der Waals surface area contributed by atoms with Gasteiger partial charge in [-0.15, -0.1) is 0 Å². The summed E-state index contributed by atoms with van der Waals surface area (Å²) >= 11 is 5.91. The van der Waals surface area contributed by atoms with E-state index >= 15 is 0 Å². The van der Waals surface area contributed by atoms with Crippen molar-refractivity contribution in [2.24, 2.45) is 0 Å². The van der Waals surface area contributed by atoms with E-state index in [1.165, 1.54) is 37.3 Å². The van der Waals surface area contributed by atoms with Gasteiger partial charge in [-0.25, -0.2) is 4.98 Å². The fraction of sp³-hybridized carbons (Fsp3) is 0.381. The minimum absolute atomic E-state index is 0.678. The molecule has 0 bridgehead atoms. The molecule has 4 rings (SSSR count). The summed E-state index contributed by atoms with van der Waals surface area (Å²) in [4.78, 5) is 7.39. The summed E-state index contributed by atoms with van der Waals surface area (Å²) in [5, 5.41) is 0.730. The molecular weight excluding hydrogens is 346 g/mol. The number of hydrogen-bond acceptors (Lipinski definition) is 3. The molecule has 1 saturated heterocycles. The van der Waals surface area contributed by atoms with Crippen LogP contribution in [0.15, 0.2) is 48.5 Å². The third-order valence-electron chi connectivity index (χ3n) is 4.91. The number of benzene rings is 2. The lowest BCUT2D eigenvalue weighted by Gasteiger charge is -2.16.